The fraction of sp³-hybridized carbons (Fsp3) is 0.111. The van der Waals surface area contributed by atoms with E-state index in [1.54, 1.807) is 24.6 Å². The molecular weight excluding hydrogens is 180 g/mol. The number of aliphatic imine (C=N–C) groups is 1. The fourth-order valence-corrected chi connectivity index (χ4v) is 0.865. The fourth-order valence-electron chi connectivity index (χ4n) is 0.865. The van der Waals surface area contributed by atoms with Gasteiger partial charge in [0.1, 0.15) is 6.61 Å². The van der Waals surface area contributed by atoms with E-state index in [0.29, 0.717) is 12.4 Å². The minimum Gasteiger partial charge on any atom is -0.405 e. The van der Waals surface area contributed by atoms with Crippen LogP contribution in [0.4, 0.5) is 5.82 Å². The van der Waals surface area contributed by atoms with E-state index in [-0.39, 0.29) is 0 Å². The molecule has 0 spiro atoms. The van der Waals surface area contributed by atoms with Gasteiger partial charge in [-0.25, -0.2) is 20.7 Å². The van der Waals surface area contributed by atoms with Gasteiger partial charge in [-0.05, 0) is 18.3 Å². The lowest BCUT2D eigenvalue weighted by molar-refractivity contribution is -0.695. The molecule has 1 aromatic heterocycles. The van der Waals surface area contributed by atoms with Crippen LogP contribution >= 0.6 is 0 Å². The van der Waals surface area contributed by atoms with Gasteiger partial charge >= 0.3 is 0 Å². The summed E-state index contributed by atoms with van der Waals surface area (Å²) in [5.41, 5.74) is 6.11. The van der Waals surface area contributed by atoms with E-state index >= 15 is 0 Å². The Labute approximate surface area is 82.1 Å². The van der Waals surface area contributed by atoms with E-state index in [9.17, 15) is 0 Å². The topological polar surface area (TPSA) is 88.1 Å². The Bertz CT molecular complexity index is 318. The quantitative estimate of drug-likeness (QED) is 0.518. The van der Waals surface area contributed by atoms with E-state index in [1.165, 1.54) is 6.20 Å². The van der Waals surface area contributed by atoms with Crippen molar-refractivity contribution in [3.8, 4) is 0 Å². The molecule has 0 aliphatic carbocycles. The third kappa shape index (κ3) is 3.34. The summed E-state index contributed by atoms with van der Waals surface area (Å²) in [7, 11) is 0. The number of rotatable bonds is 4. The maximum absolute atomic E-state index is 5.14. The van der Waals surface area contributed by atoms with Gasteiger partial charge < -0.3 is 5.73 Å². The lowest BCUT2D eigenvalue weighted by atomic mass is 10.3. The molecule has 0 atom stereocenters. The Balaban J connectivity index is 2.63. The minimum atomic E-state index is 0.458. The third-order valence-corrected chi connectivity index (χ3v) is 1.48. The normalized spacial score (nSPS) is 11.5. The molecule has 0 aliphatic heterocycles. The highest BCUT2D eigenvalue weighted by atomic mass is 16.6. The van der Waals surface area contributed by atoms with Crippen molar-refractivity contribution >= 4 is 12.0 Å². The second kappa shape index (κ2) is 5.85. The first-order valence-electron chi connectivity index (χ1n) is 4.09. The number of aromatic nitrogens is 1. The Morgan fingerprint density at radius 3 is 3.00 bits per heavy atom. The summed E-state index contributed by atoms with van der Waals surface area (Å²) in [5.74, 6) is 3.92. The van der Waals surface area contributed by atoms with Crippen molar-refractivity contribution in [2.24, 2.45) is 10.7 Å². The molecule has 1 aromatic rings. The van der Waals surface area contributed by atoms with Crippen LogP contribution in [0.2, 0.25) is 0 Å². The molecule has 0 saturated heterocycles. The average Bonchev–Trinajstić information content (AvgIpc) is 2.21. The summed E-state index contributed by atoms with van der Waals surface area (Å²) in [6, 6.07) is 3.69. The molecule has 5 heteroatoms. The van der Waals surface area contributed by atoms with Crippen molar-refractivity contribution in [3.63, 3.8) is 0 Å². The first-order chi connectivity index (χ1) is 6.86. The number of allylic oxidation sites excluding steroid dienone is 1. The summed E-state index contributed by atoms with van der Waals surface area (Å²) in [6.45, 7) is 0.458. The number of nitrogens with zero attached hydrogens (tertiary/aromatic N) is 2. The molecule has 1 rings (SSSR count). The van der Waals surface area contributed by atoms with Crippen LogP contribution in [-0.2, 0) is 11.4 Å². The van der Waals surface area contributed by atoms with Crippen LogP contribution in [0.5, 0.6) is 0 Å². The monoisotopic (exact) mass is 193 g/mol. The van der Waals surface area contributed by atoms with Crippen molar-refractivity contribution < 1.29 is 10.7 Å². The standard InChI is InChI=1S/C9H13N4O/c10-4-1-5-12-9-3-2-8(6-13-9)7-14-11/h1-6H,7,10H2,11H3/q+1. The molecule has 0 unspecified atom stereocenters. The molecule has 0 fully saturated rings. The maximum atomic E-state index is 5.14. The summed E-state index contributed by atoms with van der Waals surface area (Å²) >= 11 is 0. The van der Waals surface area contributed by atoms with Gasteiger partial charge in [0, 0.05) is 18.0 Å². The first kappa shape index (κ1) is 10.4. The van der Waals surface area contributed by atoms with E-state index in [2.05, 4.69) is 15.9 Å². The molecule has 5 nitrogen and oxygen atoms in total. The summed E-state index contributed by atoms with van der Waals surface area (Å²) < 4.78 is 0. The lowest BCUT2D eigenvalue weighted by Crippen LogP contribution is -2.48. The Morgan fingerprint density at radius 2 is 2.43 bits per heavy atom. The van der Waals surface area contributed by atoms with Gasteiger partial charge in [0.05, 0.1) is 0 Å². The predicted molar refractivity (Wildman–Crippen MR) is 53.4 cm³/mol. The van der Waals surface area contributed by atoms with E-state index in [0.717, 1.165) is 5.56 Å². The largest absolute Gasteiger partial charge is 0.405 e. The highest BCUT2D eigenvalue weighted by molar-refractivity contribution is 5.73. The SMILES string of the molecule is NC=CC=Nc1ccc(CO[NH3+])cn1. The van der Waals surface area contributed by atoms with Crippen LogP contribution in [0.15, 0.2) is 35.6 Å². The molecule has 74 valence electrons. The van der Waals surface area contributed by atoms with Crippen molar-refractivity contribution in [2.75, 3.05) is 0 Å². The highest BCUT2D eigenvalue weighted by Crippen LogP contribution is 2.07. The number of hydrogen-bond acceptors (Lipinski definition) is 4. The number of nitrogens with two attached hydrogens (primary N) is 1. The minimum absolute atomic E-state index is 0.458. The van der Waals surface area contributed by atoms with E-state index < -0.39 is 0 Å². The van der Waals surface area contributed by atoms with Crippen LogP contribution < -0.4 is 11.6 Å². The molecule has 0 saturated carbocycles. The Morgan fingerprint density at radius 1 is 1.57 bits per heavy atom. The van der Waals surface area contributed by atoms with E-state index in [4.69, 9.17) is 10.6 Å². The molecule has 5 N–H and O–H groups in total. The maximum Gasteiger partial charge on any atom is 0.151 e. The Kier molecular flexibility index (Phi) is 4.33. The molecule has 0 radical (unpaired) electrons. The average molecular weight is 193 g/mol. The molecular formula is C9H13N4O+. The molecule has 0 aliphatic rings. The van der Waals surface area contributed by atoms with Crippen LogP contribution in [-0.4, -0.2) is 11.2 Å². The molecule has 0 bridgehead atoms. The van der Waals surface area contributed by atoms with Crippen LogP contribution in [0.3, 0.4) is 0 Å². The summed E-state index contributed by atoms with van der Waals surface area (Å²) in [5, 5.41) is 0. The summed E-state index contributed by atoms with van der Waals surface area (Å²) in [4.78, 5) is 12.8. The van der Waals surface area contributed by atoms with Crippen LogP contribution in [0, 0.1) is 0 Å². The van der Waals surface area contributed by atoms with Gasteiger partial charge in [-0.2, -0.15) is 0 Å². The zero-order valence-corrected chi connectivity index (χ0v) is 7.76. The molecule has 14 heavy (non-hydrogen) atoms. The van der Waals surface area contributed by atoms with Crippen LogP contribution in [0.25, 0.3) is 0 Å². The number of hydrogen-bond donors (Lipinski definition) is 2. The second-order valence-corrected chi connectivity index (χ2v) is 2.54. The zero-order valence-electron chi connectivity index (χ0n) is 7.76. The van der Waals surface area contributed by atoms with Gasteiger partial charge in [-0.1, -0.05) is 6.07 Å². The molecule has 1 heterocycles. The third-order valence-electron chi connectivity index (χ3n) is 1.48. The number of pyridine rings is 1. The van der Waals surface area contributed by atoms with Crippen LogP contribution in [0.1, 0.15) is 5.56 Å². The van der Waals surface area contributed by atoms with Crippen molar-refractivity contribution in [1.82, 2.24) is 4.98 Å². The van der Waals surface area contributed by atoms with Crippen molar-refractivity contribution in [1.29, 1.82) is 0 Å². The summed E-state index contributed by atoms with van der Waals surface area (Å²) in [6.07, 6.45) is 6.33. The lowest BCUT2D eigenvalue weighted by Gasteiger charge is -1.95. The van der Waals surface area contributed by atoms with Gasteiger partial charge in [0.2, 0.25) is 0 Å². The van der Waals surface area contributed by atoms with Gasteiger partial charge in [-0.3, -0.25) is 0 Å². The van der Waals surface area contributed by atoms with E-state index in [1.807, 2.05) is 6.07 Å². The van der Waals surface area contributed by atoms with Crippen molar-refractivity contribution in [3.05, 3.63) is 36.2 Å². The zero-order chi connectivity index (χ0) is 10.2. The second-order valence-electron chi connectivity index (χ2n) is 2.54. The van der Waals surface area contributed by atoms with Crippen molar-refractivity contribution in [2.45, 2.75) is 6.61 Å². The first-order valence-corrected chi connectivity index (χ1v) is 4.09. The number of quaternary nitrogens is 1. The molecule has 0 aromatic carbocycles. The molecule has 0 amide bonds. The smallest absolute Gasteiger partial charge is 0.151 e. The predicted octanol–water partition coefficient (Wildman–Crippen LogP) is -0.0702. The van der Waals surface area contributed by atoms with Gasteiger partial charge in [0.25, 0.3) is 0 Å². The van der Waals surface area contributed by atoms with Gasteiger partial charge in [0.15, 0.2) is 5.82 Å². The van der Waals surface area contributed by atoms with Gasteiger partial charge in [-0.15, -0.1) is 0 Å². The highest BCUT2D eigenvalue weighted by Gasteiger charge is 1.93. The Hall–Kier alpha value is -1.72.